The van der Waals surface area contributed by atoms with Gasteiger partial charge in [-0.25, -0.2) is 0 Å². The molecule has 1 heteroatoms. The molecule has 0 aliphatic rings. The number of carbonyl (C=O) groups is 1. The molecule has 0 unspecified atom stereocenters. The SMILES string of the molecule is CCCCC[C](C)C(=O)c1ccccc1. The first-order valence-corrected chi connectivity index (χ1v) is 5.68. The predicted molar refractivity (Wildman–Crippen MR) is 63.8 cm³/mol. The number of carbonyl (C=O) groups excluding carboxylic acids is 1. The highest BCUT2D eigenvalue weighted by Gasteiger charge is 2.14. The fourth-order valence-corrected chi connectivity index (χ4v) is 1.59. The number of Topliss-reactive ketones (excluding diaryl/α,β-unsaturated/α-hetero) is 1. The van der Waals surface area contributed by atoms with Gasteiger partial charge in [0.1, 0.15) is 0 Å². The summed E-state index contributed by atoms with van der Waals surface area (Å²) in [6.07, 6.45) is 4.47. The van der Waals surface area contributed by atoms with E-state index in [1.807, 2.05) is 37.3 Å². The lowest BCUT2D eigenvalue weighted by Gasteiger charge is -2.08. The molecule has 1 aromatic rings. The third-order valence-corrected chi connectivity index (χ3v) is 2.58. The highest BCUT2D eigenvalue weighted by atomic mass is 16.1. The van der Waals surface area contributed by atoms with E-state index in [2.05, 4.69) is 6.92 Å². The molecule has 1 nitrogen and oxygen atoms in total. The van der Waals surface area contributed by atoms with Gasteiger partial charge in [0.15, 0.2) is 5.78 Å². The monoisotopic (exact) mass is 203 g/mol. The first-order chi connectivity index (χ1) is 7.25. The van der Waals surface area contributed by atoms with E-state index in [4.69, 9.17) is 0 Å². The van der Waals surface area contributed by atoms with Crippen LogP contribution in [0.2, 0.25) is 0 Å². The van der Waals surface area contributed by atoms with E-state index in [9.17, 15) is 4.79 Å². The molecule has 0 heterocycles. The van der Waals surface area contributed by atoms with Gasteiger partial charge in [-0.3, -0.25) is 4.79 Å². The average Bonchev–Trinajstić information content (AvgIpc) is 2.29. The Balaban J connectivity index is 2.46. The Morgan fingerprint density at radius 3 is 2.40 bits per heavy atom. The van der Waals surface area contributed by atoms with Crippen LogP contribution in [0.4, 0.5) is 0 Å². The smallest absolute Gasteiger partial charge is 0.169 e. The summed E-state index contributed by atoms with van der Waals surface area (Å²) in [6, 6.07) is 9.51. The van der Waals surface area contributed by atoms with Crippen molar-refractivity contribution in [2.75, 3.05) is 0 Å². The summed E-state index contributed by atoms with van der Waals surface area (Å²) in [7, 11) is 0. The van der Waals surface area contributed by atoms with Crippen LogP contribution in [0.1, 0.15) is 49.9 Å². The van der Waals surface area contributed by atoms with Crippen molar-refractivity contribution in [3.63, 3.8) is 0 Å². The van der Waals surface area contributed by atoms with Gasteiger partial charge in [-0.1, -0.05) is 63.4 Å². The van der Waals surface area contributed by atoms with Crippen molar-refractivity contribution < 1.29 is 4.79 Å². The van der Waals surface area contributed by atoms with Crippen LogP contribution in [0.3, 0.4) is 0 Å². The maximum atomic E-state index is 11.9. The van der Waals surface area contributed by atoms with Gasteiger partial charge in [-0.2, -0.15) is 0 Å². The number of unbranched alkanes of at least 4 members (excludes halogenated alkanes) is 2. The van der Waals surface area contributed by atoms with Crippen molar-refractivity contribution in [1.82, 2.24) is 0 Å². The lowest BCUT2D eigenvalue weighted by atomic mass is 9.94. The molecule has 0 aliphatic heterocycles. The summed E-state index contributed by atoms with van der Waals surface area (Å²) in [5.74, 6) is 1.18. The van der Waals surface area contributed by atoms with Crippen molar-refractivity contribution in [2.24, 2.45) is 0 Å². The van der Waals surface area contributed by atoms with Crippen molar-refractivity contribution in [3.8, 4) is 0 Å². The largest absolute Gasteiger partial charge is 0.294 e. The van der Waals surface area contributed by atoms with Crippen molar-refractivity contribution >= 4 is 5.78 Å². The Bertz CT molecular complexity index is 289. The van der Waals surface area contributed by atoms with E-state index >= 15 is 0 Å². The van der Waals surface area contributed by atoms with Crippen LogP contribution in [0.15, 0.2) is 30.3 Å². The van der Waals surface area contributed by atoms with E-state index < -0.39 is 0 Å². The zero-order valence-electron chi connectivity index (χ0n) is 9.62. The molecular formula is C14H19O. The van der Waals surface area contributed by atoms with Gasteiger partial charge in [0.05, 0.1) is 0 Å². The Morgan fingerprint density at radius 2 is 1.80 bits per heavy atom. The molecule has 0 bridgehead atoms. The van der Waals surface area contributed by atoms with E-state index in [0.29, 0.717) is 0 Å². The Morgan fingerprint density at radius 1 is 1.13 bits per heavy atom. The second-order valence-corrected chi connectivity index (χ2v) is 3.93. The molecule has 0 spiro atoms. The van der Waals surface area contributed by atoms with Crippen LogP contribution in [0, 0.1) is 5.92 Å². The molecular weight excluding hydrogens is 184 g/mol. The molecule has 0 atom stereocenters. The molecule has 0 saturated heterocycles. The van der Waals surface area contributed by atoms with Crippen LogP contribution in [0.25, 0.3) is 0 Å². The molecule has 0 aromatic heterocycles. The van der Waals surface area contributed by atoms with Crippen LogP contribution in [0.5, 0.6) is 0 Å². The normalized spacial score (nSPS) is 10.6. The van der Waals surface area contributed by atoms with Crippen LogP contribution in [-0.2, 0) is 0 Å². The van der Waals surface area contributed by atoms with E-state index in [-0.39, 0.29) is 5.78 Å². The van der Waals surface area contributed by atoms with Gasteiger partial charge >= 0.3 is 0 Å². The molecule has 0 aliphatic carbocycles. The highest BCUT2D eigenvalue weighted by molar-refractivity contribution is 6.05. The molecule has 1 aromatic carbocycles. The van der Waals surface area contributed by atoms with E-state index in [0.717, 1.165) is 24.3 Å². The number of hydrogen-bond acceptors (Lipinski definition) is 1. The van der Waals surface area contributed by atoms with Crippen LogP contribution in [-0.4, -0.2) is 5.78 Å². The number of hydrogen-bond donors (Lipinski definition) is 0. The molecule has 1 radical (unpaired) electrons. The second kappa shape index (κ2) is 6.39. The number of benzene rings is 1. The van der Waals surface area contributed by atoms with Gasteiger partial charge in [0, 0.05) is 11.5 Å². The minimum Gasteiger partial charge on any atom is -0.294 e. The van der Waals surface area contributed by atoms with Crippen LogP contribution >= 0.6 is 0 Å². The number of ketones is 1. The molecule has 15 heavy (non-hydrogen) atoms. The molecule has 81 valence electrons. The maximum absolute atomic E-state index is 11.9. The summed E-state index contributed by atoms with van der Waals surface area (Å²) in [5, 5.41) is 0. The fraction of sp³-hybridized carbons (Fsp3) is 0.429. The Kier molecular flexibility index (Phi) is 5.09. The van der Waals surface area contributed by atoms with E-state index in [1.54, 1.807) is 0 Å². The lowest BCUT2D eigenvalue weighted by molar-refractivity contribution is 0.100. The predicted octanol–water partition coefficient (Wildman–Crippen LogP) is 4.04. The Hall–Kier alpha value is -1.11. The third-order valence-electron chi connectivity index (χ3n) is 2.58. The fourth-order valence-electron chi connectivity index (χ4n) is 1.59. The standard InChI is InChI=1S/C14H19O/c1-3-4-6-9-12(2)14(15)13-10-7-5-8-11-13/h5,7-8,10-11H,3-4,6,9H2,1-2H3. The first kappa shape index (κ1) is 12.0. The van der Waals surface area contributed by atoms with Crippen LogP contribution < -0.4 is 0 Å². The molecule has 0 amide bonds. The summed E-state index contributed by atoms with van der Waals surface area (Å²) < 4.78 is 0. The summed E-state index contributed by atoms with van der Waals surface area (Å²) in [4.78, 5) is 11.9. The topological polar surface area (TPSA) is 17.1 Å². The minimum atomic E-state index is 0.201. The average molecular weight is 203 g/mol. The van der Waals surface area contributed by atoms with Gasteiger partial charge in [0.25, 0.3) is 0 Å². The zero-order chi connectivity index (χ0) is 11.1. The molecule has 0 saturated carbocycles. The summed E-state index contributed by atoms with van der Waals surface area (Å²) >= 11 is 0. The molecule has 1 rings (SSSR count). The third kappa shape index (κ3) is 3.86. The highest BCUT2D eigenvalue weighted by Crippen LogP contribution is 2.17. The van der Waals surface area contributed by atoms with E-state index in [1.165, 1.54) is 12.8 Å². The zero-order valence-corrected chi connectivity index (χ0v) is 9.62. The molecule has 0 fully saturated rings. The quantitative estimate of drug-likeness (QED) is 0.503. The molecule has 0 N–H and O–H groups in total. The second-order valence-electron chi connectivity index (χ2n) is 3.93. The van der Waals surface area contributed by atoms with Crippen molar-refractivity contribution in [3.05, 3.63) is 41.8 Å². The summed E-state index contributed by atoms with van der Waals surface area (Å²) in [5.41, 5.74) is 0.812. The lowest BCUT2D eigenvalue weighted by Crippen LogP contribution is -2.08. The van der Waals surface area contributed by atoms with Crippen molar-refractivity contribution in [1.29, 1.82) is 0 Å². The first-order valence-electron chi connectivity index (χ1n) is 5.68. The summed E-state index contributed by atoms with van der Waals surface area (Å²) in [6.45, 7) is 4.12. The minimum absolute atomic E-state index is 0.201. The van der Waals surface area contributed by atoms with Gasteiger partial charge in [-0.15, -0.1) is 0 Å². The van der Waals surface area contributed by atoms with Gasteiger partial charge in [-0.05, 0) is 6.42 Å². The number of rotatable bonds is 6. The van der Waals surface area contributed by atoms with Gasteiger partial charge < -0.3 is 0 Å². The van der Waals surface area contributed by atoms with Crippen molar-refractivity contribution in [2.45, 2.75) is 39.5 Å². The maximum Gasteiger partial charge on any atom is 0.169 e. The van der Waals surface area contributed by atoms with Gasteiger partial charge in [0.2, 0.25) is 0 Å². The Labute approximate surface area is 92.5 Å².